The Morgan fingerprint density at radius 2 is 2.04 bits per heavy atom. The Hall–Kier alpha value is -2.23. The SMILES string of the molecule is C[C@H](c1nnc(SCC(=O)NCc2cccs2)n1-c1ccc(F)cc1)N(C)C. The first-order valence-corrected chi connectivity index (χ1v) is 10.6. The Morgan fingerprint density at radius 1 is 1.29 bits per heavy atom. The van der Waals surface area contributed by atoms with E-state index in [1.54, 1.807) is 23.5 Å². The molecular formula is C19H22FN5OS2. The zero-order valence-electron chi connectivity index (χ0n) is 15.9. The number of amides is 1. The van der Waals surface area contributed by atoms with E-state index >= 15 is 0 Å². The second-order valence-corrected chi connectivity index (χ2v) is 8.41. The van der Waals surface area contributed by atoms with Crippen LogP contribution in [0.1, 0.15) is 23.7 Å². The molecule has 2 aromatic heterocycles. The minimum atomic E-state index is -0.304. The zero-order valence-corrected chi connectivity index (χ0v) is 17.6. The van der Waals surface area contributed by atoms with Crippen molar-refractivity contribution in [1.29, 1.82) is 0 Å². The summed E-state index contributed by atoms with van der Waals surface area (Å²) in [7, 11) is 3.92. The van der Waals surface area contributed by atoms with E-state index in [1.165, 1.54) is 23.9 Å². The van der Waals surface area contributed by atoms with E-state index in [-0.39, 0.29) is 23.5 Å². The van der Waals surface area contributed by atoms with Gasteiger partial charge in [-0.25, -0.2) is 4.39 Å². The molecular weight excluding hydrogens is 397 g/mol. The lowest BCUT2D eigenvalue weighted by Crippen LogP contribution is -2.24. The number of halogens is 1. The minimum Gasteiger partial charge on any atom is -0.350 e. The van der Waals surface area contributed by atoms with Crippen LogP contribution in [0.2, 0.25) is 0 Å². The number of rotatable bonds is 8. The van der Waals surface area contributed by atoms with Crippen molar-refractivity contribution in [3.05, 3.63) is 58.3 Å². The molecule has 0 fully saturated rings. The fraction of sp³-hybridized carbons (Fsp3) is 0.316. The highest BCUT2D eigenvalue weighted by Gasteiger charge is 2.21. The summed E-state index contributed by atoms with van der Waals surface area (Å²) in [6.45, 7) is 2.54. The number of thiophene rings is 1. The number of nitrogens with one attached hydrogen (secondary N) is 1. The van der Waals surface area contributed by atoms with Crippen molar-refractivity contribution in [3.63, 3.8) is 0 Å². The van der Waals surface area contributed by atoms with Crippen LogP contribution in [0.3, 0.4) is 0 Å². The second kappa shape index (κ2) is 9.31. The fourth-order valence-electron chi connectivity index (χ4n) is 2.49. The first-order valence-electron chi connectivity index (χ1n) is 8.75. The third kappa shape index (κ3) is 4.98. The topological polar surface area (TPSA) is 63.1 Å². The molecule has 0 saturated carbocycles. The number of hydrogen-bond acceptors (Lipinski definition) is 6. The lowest BCUT2D eigenvalue weighted by Gasteiger charge is -2.20. The van der Waals surface area contributed by atoms with Crippen LogP contribution in [0.5, 0.6) is 0 Å². The summed E-state index contributed by atoms with van der Waals surface area (Å²) in [5, 5.41) is 14.1. The van der Waals surface area contributed by atoms with Gasteiger partial charge in [-0.3, -0.25) is 14.3 Å². The second-order valence-electron chi connectivity index (χ2n) is 6.44. The van der Waals surface area contributed by atoms with Crippen LogP contribution in [0.4, 0.5) is 4.39 Å². The largest absolute Gasteiger partial charge is 0.350 e. The van der Waals surface area contributed by atoms with Gasteiger partial charge in [0.1, 0.15) is 5.82 Å². The Bertz CT molecular complexity index is 909. The van der Waals surface area contributed by atoms with Crippen molar-refractivity contribution in [2.75, 3.05) is 19.8 Å². The molecule has 1 atom stereocenters. The number of carbonyl (C=O) groups is 1. The fourth-order valence-corrected chi connectivity index (χ4v) is 3.92. The molecule has 0 aliphatic carbocycles. The van der Waals surface area contributed by atoms with E-state index in [9.17, 15) is 9.18 Å². The number of nitrogens with zero attached hydrogens (tertiary/aromatic N) is 4. The van der Waals surface area contributed by atoms with Gasteiger partial charge in [0, 0.05) is 10.6 Å². The normalized spacial score (nSPS) is 12.3. The predicted octanol–water partition coefficient (Wildman–Crippen LogP) is 3.50. The van der Waals surface area contributed by atoms with E-state index in [2.05, 4.69) is 15.5 Å². The van der Waals surface area contributed by atoms with Crippen molar-refractivity contribution in [3.8, 4) is 5.69 Å². The molecule has 28 heavy (non-hydrogen) atoms. The van der Waals surface area contributed by atoms with Crippen LogP contribution >= 0.6 is 23.1 Å². The van der Waals surface area contributed by atoms with Gasteiger partial charge in [0.05, 0.1) is 18.3 Å². The summed E-state index contributed by atoms with van der Waals surface area (Å²) in [5.41, 5.74) is 0.761. The Labute approximate surface area is 171 Å². The summed E-state index contributed by atoms with van der Waals surface area (Å²) < 4.78 is 15.2. The molecule has 148 valence electrons. The molecule has 0 aliphatic heterocycles. The summed E-state index contributed by atoms with van der Waals surface area (Å²) in [5.74, 6) is 0.578. The molecule has 0 spiro atoms. The zero-order chi connectivity index (χ0) is 20.1. The third-order valence-electron chi connectivity index (χ3n) is 4.26. The van der Waals surface area contributed by atoms with Gasteiger partial charge in [0.25, 0.3) is 0 Å². The monoisotopic (exact) mass is 419 g/mol. The van der Waals surface area contributed by atoms with E-state index in [0.717, 1.165) is 16.4 Å². The van der Waals surface area contributed by atoms with Gasteiger partial charge in [-0.15, -0.1) is 21.5 Å². The Balaban J connectivity index is 1.76. The number of aromatic nitrogens is 3. The molecule has 3 aromatic rings. The molecule has 1 N–H and O–H groups in total. The van der Waals surface area contributed by atoms with Crippen molar-refractivity contribution in [2.45, 2.75) is 24.7 Å². The highest BCUT2D eigenvalue weighted by molar-refractivity contribution is 7.99. The Kier molecular flexibility index (Phi) is 6.82. The quantitative estimate of drug-likeness (QED) is 0.566. The molecule has 9 heteroatoms. The Morgan fingerprint density at radius 3 is 2.68 bits per heavy atom. The summed E-state index contributed by atoms with van der Waals surface area (Å²) in [6.07, 6.45) is 0. The summed E-state index contributed by atoms with van der Waals surface area (Å²) in [4.78, 5) is 15.3. The van der Waals surface area contributed by atoms with Gasteiger partial charge in [0.2, 0.25) is 5.91 Å². The van der Waals surface area contributed by atoms with Crippen LogP contribution in [0.15, 0.2) is 46.9 Å². The first-order chi connectivity index (χ1) is 13.5. The number of hydrogen-bond donors (Lipinski definition) is 1. The minimum absolute atomic E-state index is 0.000409. The van der Waals surface area contributed by atoms with Crippen LogP contribution < -0.4 is 5.32 Å². The molecule has 3 rings (SSSR count). The lowest BCUT2D eigenvalue weighted by atomic mass is 10.2. The van der Waals surface area contributed by atoms with Gasteiger partial charge >= 0.3 is 0 Å². The molecule has 1 amide bonds. The van der Waals surface area contributed by atoms with Gasteiger partial charge < -0.3 is 5.32 Å². The molecule has 0 aliphatic rings. The summed E-state index contributed by atoms with van der Waals surface area (Å²) in [6, 6.07) is 10.1. The van der Waals surface area contributed by atoms with Crippen molar-refractivity contribution in [2.24, 2.45) is 0 Å². The molecule has 0 saturated heterocycles. The van der Waals surface area contributed by atoms with Gasteiger partial charge in [-0.2, -0.15) is 0 Å². The third-order valence-corrected chi connectivity index (χ3v) is 6.07. The molecule has 0 bridgehead atoms. The van der Waals surface area contributed by atoms with E-state index < -0.39 is 0 Å². The highest BCUT2D eigenvalue weighted by atomic mass is 32.2. The first kappa shape index (κ1) is 20.5. The summed E-state index contributed by atoms with van der Waals surface area (Å²) >= 11 is 2.92. The van der Waals surface area contributed by atoms with Crippen LogP contribution in [-0.2, 0) is 11.3 Å². The lowest BCUT2D eigenvalue weighted by molar-refractivity contribution is -0.118. The maximum absolute atomic E-state index is 13.4. The van der Waals surface area contributed by atoms with Crippen molar-refractivity contribution >= 4 is 29.0 Å². The molecule has 0 unspecified atom stereocenters. The maximum Gasteiger partial charge on any atom is 0.230 e. The van der Waals surface area contributed by atoms with Crippen LogP contribution in [0, 0.1) is 5.82 Å². The maximum atomic E-state index is 13.4. The molecule has 6 nitrogen and oxygen atoms in total. The van der Waals surface area contributed by atoms with Crippen molar-refractivity contribution < 1.29 is 9.18 Å². The van der Waals surface area contributed by atoms with E-state index in [4.69, 9.17) is 0 Å². The van der Waals surface area contributed by atoms with Gasteiger partial charge in [-0.05, 0) is 56.7 Å². The predicted molar refractivity (Wildman–Crippen MR) is 110 cm³/mol. The van der Waals surface area contributed by atoms with Crippen LogP contribution in [0.25, 0.3) is 5.69 Å². The highest BCUT2D eigenvalue weighted by Crippen LogP contribution is 2.26. The average Bonchev–Trinajstić information content (AvgIpc) is 3.34. The van der Waals surface area contributed by atoms with Gasteiger partial charge in [0.15, 0.2) is 11.0 Å². The average molecular weight is 420 g/mol. The van der Waals surface area contributed by atoms with Crippen LogP contribution in [-0.4, -0.2) is 45.4 Å². The standard InChI is InChI=1S/C19H22FN5OS2/c1-13(24(2)3)18-22-23-19(25(18)15-8-6-14(20)7-9-15)28-12-17(26)21-11-16-5-4-10-27-16/h4-10,13H,11-12H2,1-3H3,(H,21,26)/t13-/m1/s1. The molecule has 2 heterocycles. The molecule has 1 aromatic carbocycles. The number of carbonyl (C=O) groups excluding carboxylic acids is 1. The van der Waals surface area contributed by atoms with Crippen molar-refractivity contribution in [1.82, 2.24) is 25.0 Å². The smallest absolute Gasteiger partial charge is 0.230 e. The van der Waals surface area contributed by atoms with E-state index in [1.807, 2.05) is 48.0 Å². The molecule has 0 radical (unpaired) electrons. The number of thioether (sulfide) groups is 1. The van der Waals surface area contributed by atoms with E-state index in [0.29, 0.717) is 11.7 Å². The number of benzene rings is 1. The van der Waals surface area contributed by atoms with Gasteiger partial charge in [-0.1, -0.05) is 17.8 Å².